The molecule has 1 saturated heterocycles. The van der Waals surface area contributed by atoms with Crippen molar-refractivity contribution >= 4 is 22.7 Å². The molecule has 0 radical (unpaired) electrons. The normalized spacial score (nSPS) is 18.0. The molecule has 2 amide bonds. The molecular formula is C20H26N4O2. The fourth-order valence-electron chi connectivity index (χ4n) is 3.57. The quantitative estimate of drug-likeness (QED) is 0.857. The Labute approximate surface area is 153 Å². The summed E-state index contributed by atoms with van der Waals surface area (Å²) >= 11 is 0. The van der Waals surface area contributed by atoms with Gasteiger partial charge in [0.2, 0.25) is 5.91 Å². The fraction of sp³-hybridized carbons (Fsp3) is 0.450. The fourth-order valence-corrected chi connectivity index (χ4v) is 3.57. The smallest absolute Gasteiger partial charge is 0.252 e. The molecule has 138 valence electrons. The van der Waals surface area contributed by atoms with Crippen LogP contribution >= 0.6 is 0 Å². The van der Waals surface area contributed by atoms with Crippen molar-refractivity contribution in [1.29, 1.82) is 0 Å². The van der Waals surface area contributed by atoms with Crippen molar-refractivity contribution in [2.45, 2.75) is 26.7 Å². The third-order valence-electron chi connectivity index (χ3n) is 4.96. The number of amides is 2. The first-order chi connectivity index (χ1) is 12.4. The number of carbonyl (C=O) groups excluding carboxylic acids is 2. The van der Waals surface area contributed by atoms with Crippen LogP contribution in [0.3, 0.4) is 0 Å². The summed E-state index contributed by atoms with van der Waals surface area (Å²) in [5.41, 5.74) is 8.84. The molecule has 26 heavy (non-hydrogen) atoms. The molecule has 1 fully saturated rings. The van der Waals surface area contributed by atoms with E-state index in [1.807, 2.05) is 38.1 Å². The highest BCUT2D eigenvalue weighted by Crippen LogP contribution is 2.20. The highest BCUT2D eigenvalue weighted by Gasteiger charge is 2.23. The summed E-state index contributed by atoms with van der Waals surface area (Å²) in [5.74, 6) is -0.392. The summed E-state index contributed by atoms with van der Waals surface area (Å²) in [6, 6.07) is 7.79. The number of rotatable bonds is 5. The standard InChI is InChI=1S/C20H26N4O2/c1-13-5-6-18-16(10-13)17(11-14(2)23-18)20(26)22-7-9-24-8-3-4-15(12-24)19(21)25/h5-6,10-11,15H,3-4,7-9,12H2,1-2H3,(H2,21,25)(H,22,26). The average Bonchev–Trinajstić information content (AvgIpc) is 2.61. The van der Waals surface area contributed by atoms with Gasteiger partial charge in [-0.2, -0.15) is 0 Å². The first-order valence-corrected chi connectivity index (χ1v) is 9.12. The van der Waals surface area contributed by atoms with Crippen LogP contribution < -0.4 is 11.1 Å². The van der Waals surface area contributed by atoms with E-state index in [1.54, 1.807) is 0 Å². The molecule has 6 heteroatoms. The second-order valence-electron chi connectivity index (χ2n) is 7.13. The number of aromatic nitrogens is 1. The van der Waals surface area contributed by atoms with Crippen LogP contribution in [0.4, 0.5) is 0 Å². The molecule has 6 nitrogen and oxygen atoms in total. The van der Waals surface area contributed by atoms with Crippen molar-refractivity contribution in [1.82, 2.24) is 15.2 Å². The number of primary amides is 1. The highest BCUT2D eigenvalue weighted by molar-refractivity contribution is 6.06. The molecule has 1 aromatic carbocycles. The van der Waals surface area contributed by atoms with E-state index in [1.165, 1.54) is 0 Å². The third-order valence-corrected chi connectivity index (χ3v) is 4.96. The molecule has 0 bridgehead atoms. The first kappa shape index (κ1) is 18.3. The van der Waals surface area contributed by atoms with Crippen LogP contribution in [0, 0.1) is 19.8 Å². The lowest BCUT2D eigenvalue weighted by Crippen LogP contribution is -2.44. The van der Waals surface area contributed by atoms with Gasteiger partial charge in [-0.25, -0.2) is 0 Å². The number of pyridine rings is 1. The topological polar surface area (TPSA) is 88.3 Å². The second-order valence-corrected chi connectivity index (χ2v) is 7.13. The highest BCUT2D eigenvalue weighted by atomic mass is 16.2. The summed E-state index contributed by atoms with van der Waals surface area (Å²) in [6.45, 7) is 6.79. The van der Waals surface area contributed by atoms with Gasteiger partial charge in [0.15, 0.2) is 0 Å². The maximum absolute atomic E-state index is 12.7. The number of fused-ring (bicyclic) bond motifs is 1. The zero-order valence-corrected chi connectivity index (χ0v) is 15.4. The van der Waals surface area contributed by atoms with E-state index in [0.717, 1.165) is 48.1 Å². The van der Waals surface area contributed by atoms with Crippen LogP contribution in [0.5, 0.6) is 0 Å². The van der Waals surface area contributed by atoms with Crippen molar-refractivity contribution < 1.29 is 9.59 Å². The molecule has 1 aliphatic rings. The minimum atomic E-state index is -0.229. The number of piperidine rings is 1. The van der Waals surface area contributed by atoms with Crippen molar-refractivity contribution in [2.75, 3.05) is 26.2 Å². The molecule has 0 aliphatic carbocycles. The van der Waals surface area contributed by atoms with E-state index in [0.29, 0.717) is 18.7 Å². The maximum atomic E-state index is 12.7. The number of likely N-dealkylation sites (tertiary alicyclic amines) is 1. The van der Waals surface area contributed by atoms with Crippen LogP contribution in [0.15, 0.2) is 24.3 Å². The molecule has 0 saturated carbocycles. The third kappa shape index (κ3) is 4.19. The Kier molecular flexibility index (Phi) is 5.52. The zero-order chi connectivity index (χ0) is 18.7. The summed E-state index contributed by atoms with van der Waals surface area (Å²) < 4.78 is 0. The number of benzene rings is 1. The van der Waals surface area contributed by atoms with Gasteiger partial charge in [-0.3, -0.25) is 14.6 Å². The molecule has 2 heterocycles. The van der Waals surface area contributed by atoms with Crippen LogP contribution in [-0.2, 0) is 4.79 Å². The average molecular weight is 354 g/mol. The Bertz CT molecular complexity index is 834. The Hall–Kier alpha value is -2.47. The summed E-state index contributed by atoms with van der Waals surface area (Å²) in [6.07, 6.45) is 1.83. The lowest BCUT2D eigenvalue weighted by Gasteiger charge is -2.31. The van der Waals surface area contributed by atoms with Gasteiger partial charge in [0.05, 0.1) is 17.0 Å². The van der Waals surface area contributed by atoms with Crippen molar-refractivity contribution in [3.63, 3.8) is 0 Å². The molecular weight excluding hydrogens is 328 g/mol. The number of nitrogens with zero attached hydrogens (tertiary/aromatic N) is 2. The van der Waals surface area contributed by atoms with Gasteiger partial charge in [0.1, 0.15) is 0 Å². The largest absolute Gasteiger partial charge is 0.369 e. The Morgan fingerprint density at radius 2 is 2.12 bits per heavy atom. The monoisotopic (exact) mass is 354 g/mol. The number of carbonyl (C=O) groups is 2. The van der Waals surface area contributed by atoms with Crippen LogP contribution in [0.2, 0.25) is 0 Å². The molecule has 2 aromatic rings. The van der Waals surface area contributed by atoms with Gasteiger partial charge in [-0.05, 0) is 51.4 Å². The summed E-state index contributed by atoms with van der Waals surface area (Å²) in [4.78, 5) is 30.8. The summed E-state index contributed by atoms with van der Waals surface area (Å²) in [5, 5.41) is 3.88. The second kappa shape index (κ2) is 7.83. The van der Waals surface area contributed by atoms with E-state index in [9.17, 15) is 9.59 Å². The van der Waals surface area contributed by atoms with Crippen molar-refractivity contribution in [3.8, 4) is 0 Å². The van der Waals surface area contributed by atoms with Crippen LogP contribution in [0.1, 0.15) is 34.5 Å². The van der Waals surface area contributed by atoms with E-state index in [-0.39, 0.29) is 17.7 Å². The molecule has 1 unspecified atom stereocenters. The van der Waals surface area contributed by atoms with Gasteiger partial charge < -0.3 is 16.0 Å². The predicted molar refractivity (Wildman–Crippen MR) is 102 cm³/mol. The molecule has 1 aromatic heterocycles. The zero-order valence-electron chi connectivity index (χ0n) is 15.4. The Balaban J connectivity index is 1.64. The number of nitrogens with one attached hydrogen (secondary N) is 1. The number of hydrogen-bond acceptors (Lipinski definition) is 4. The van der Waals surface area contributed by atoms with Gasteiger partial charge in [-0.1, -0.05) is 11.6 Å². The summed E-state index contributed by atoms with van der Waals surface area (Å²) in [7, 11) is 0. The lowest BCUT2D eigenvalue weighted by molar-refractivity contribution is -0.123. The number of nitrogens with two attached hydrogens (primary N) is 1. The van der Waals surface area contributed by atoms with Gasteiger partial charge in [0.25, 0.3) is 5.91 Å². The van der Waals surface area contributed by atoms with Crippen molar-refractivity contribution in [2.24, 2.45) is 11.7 Å². The van der Waals surface area contributed by atoms with Gasteiger partial charge in [-0.15, -0.1) is 0 Å². The molecule has 3 N–H and O–H groups in total. The Morgan fingerprint density at radius 1 is 1.31 bits per heavy atom. The SMILES string of the molecule is Cc1ccc2nc(C)cc(C(=O)NCCN3CCCC(C(N)=O)C3)c2c1. The van der Waals surface area contributed by atoms with Crippen molar-refractivity contribution in [3.05, 3.63) is 41.1 Å². The molecule has 3 rings (SSSR count). The predicted octanol–water partition coefficient (Wildman–Crippen LogP) is 1.78. The minimum absolute atomic E-state index is 0.0748. The lowest BCUT2D eigenvalue weighted by atomic mass is 9.97. The number of aryl methyl sites for hydroxylation is 2. The minimum Gasteiger partial charge on any atom is -0.369 e. The van der Waals surface area contributed by atoms with Gasteiger partial charge >= 0.3 is 0 Å². The van der Waals surface area contributed by atoms with E-state index < -0.39 is 0 Å². The molecule has 0 spiro atoms. The van der Waals surface area contributed by atoms with E-state index >= 15 is 0 Å². The van der Waals surface area contributed by atoms with Crippen LogP contribution in [0.25, 0.3) is 10.9 Å². The first-order valence-electron chi connectivity index (χ1n) is 9.12. The maximum Gasteiger partial charge on any atom is 0.252 e. The van der Waals surface area contributed by atoms with E-state index in [4.69, 9.17) is 5.73 Å². The molecule has 1 aliphatic heterocycles. The van der Waals surface area contributed by atoms with Gasteiger partial charge in [0, 0.05) is 30.7 Å². The molecule has 1 atom stereocenters. The van der Waals surface area contributed by atoms with Crippen LogP contribution in [-0.4, -0.2) is 47.9 Å². The number of hydrogen-bond donors (Lipinski definition) is 2. The van der Waals surface area contributed by atoms with E-state index in [2.05, 4.69) is 15.2 Å². The Morgan fingerprint density at radius 3 is 2.88 bits per heavy atom.